The molecular formula is C18H33IN4O. The Labute approximate surface area is 163 Å². The van der Waals surface area contributed by atoms with E-state index < -0.39 is 0 Å². The molecule has 1 fully saturated rings. The zero-order valence-electron chi connectivity index (χ0n) is 15.4. The minimum atomic E-state index is 0. The van der Waals surface area contributed by atoms with E-state index >= 15 is 0 Å². The van der Waals surface area contributed by atoms with E-state index in [1.165, 1.54) is 44.9 Å². The lowest BCUT2D eigenvalue weighted by molar-refractivity contribution is 0.470. The van der Waals surface area contributed by atoms with Crippen LogP contribution in [0, 0.1) is 19.8 Å². The van der Waals surface area contributed by atoms with Crippen molar-refractivity contribution >= 4 is 29.9 Å². The summed E-state index contributed by atoms with van der Waals surface area (Å²) in [5.74, 6) is 3.40. The number of nitrogens with zero attached hydrogens (tertiary/aromatic N) is 2. The van der Waals surface area contributed by atoms with Crippen LogP contribution in [-0.2, 0) is 6.54 Å². The summed E-state index contributed by atoms with van der Waals surface area (Å²) in [4.78, 5) is 8.92. The lowest BCUT2D eigenvalue weighted by atomic mass is 10.0. The third-order valence-corrected chi connectivity index (χ3v) is 4.60. The summed E-state index contributed by atoms with van der Waals surface area (Å²) in [6.45, 7) is 8.28. The molecule has 0 atom stereocenters. The van der Waals surface area contributed by atoms with E-state index in [9.17, 15) is 0 Å². The highest BCUT2D eigenvalue weighted by molar-refractivity contribution is 14.0. The number of hydrogen-bond acceptors (Lipinski definition) is 3. The molecule has 138 valence electrons. The zero-order chi connectivity index (χ0) is 16.5. The SMILES string of the molecule is CCNC(=NCc1nc(C)c(C)o1)NCCCCC1CCCC1.I. The van der Waals surface area contributed by atoms with Crippen LogP contribution in [-0.4, -0.2) is 24.0 Å². The average Bonchev–Trinajstić information content (AvgIpc) is 3.15. The molecule has 1 aromatic heterocycles. The predicted molar refractivity (Wildman–Crippen MR) is 110 cm³/mol. The molecule has 2 rings (SSSR count). The first-order valence-electron chi connectivity index (χ1n) is 9.14. The van der Waals surface area contributed by atoms with E-state index in [2.05, 4.69) is 27.5 Å². The lowest BCUT2D eigenvalue weighted by Gasteiger charge is -2.12. The van der Waals surface area contributed by atoms with Crippen molar-refractivity contribution in [1.29, 1.82) is 0 Å². The molecule has 0 radical (unpaired) electrons. The highest BCUT2D eigenvalue weighted by Crippen LogP contribution is 2.28. The fourth-order valence-electron chi connectivity index (χ4n) is 3.16. The first-order chi connectivity index (χ1) is 11.2. The van der Waals surface area contributed by atoms with Gasteiger partial charge in [0.25, 0.3) is 0 Å². The summed E-state index contributed by atoms with van der Waals surface area (Å²) in [6, 6.07) is 0. The normalized spacial score (nSPS) is 15.4. The van der Waals surface area contributed by atoms with Gasteiger partial charge in [0, 0.05) is 13.1 Å². The van der Waals surface area contributed by atoms with E-state index in [-0.39, 0.29) is 24.0 Å². The van der Waals surface area contributed by atoms with Crippen LogP contribution in [0.3, 0.4) is 0 Å². The van der Waals surface area contributed by atoms with Gasteiger partial charge in [-0.3, -0.25) is 0 Å². The Morgan fingerprint density at radius 3 is 2.58 bits per heavy atom. The number of aromatic nitrogens is 1. The quantitative estimate of drug-likeness (QED) is 0.269. The van der Waals surface area contributed by atoms with Crippen LogP contribution in [0.15, 0.2) is 9.41 Å². The molecule has 0 aliphatic heterocycles. The smallest absolute Gasteiger partial charge is 0.216 e. The Hall–Kier alpha value is -0.790. The zero-order valence-corrected chi connectivity index (χ0v) is 17.7. The Bertz CT molecular complexity index is 476. The number of oxazole rings is 1. The molecule has 1 aliphatic rings. The van der Waals surface area contributed by atoms with Crippen LogP contribution in [0.1, 0.15) is 69.2 Å². The number of hydrogen-bond donors (Lipinski definition) is 2. The van der Waals surface area contributed by atoms with Gasteiger partial charge in [-0.1, -0.05) is 38.5 Å². The maximum atomic E-state index is 5.57. The topological polar surface area (TPSA) is 62.5 Å². The van der Waals surface area contributed by atoms with E-state index in [1.54, 1.807) is 0 Å². The van der Waals surface area contributed by atoms with Crippen LogP contribution in [0.4, 0.5) is 0 Å². The van der Waals surface area contributed by atoms with Gasteiger partial charge in [-0.2, -0.15) is 0 Å². The van der Waals surface area contributed by atoms with Crippen LogP contribution < -0.4 is 10.6 Å². The summed E-state index contributed by atoms with van der Waals surface area (Å²) in [5.41, 5.74) is 0.945. The molecule has 6 heteroatoms. The molecule has 0 spiro atoms. The van der Waals surface area contributed by atoms with Crippen molar-refractivity contribution in [3.63, 3.8) is 0 Å². The molecule has 1 aliphatic carbocycles. The molecule has 0 amide bonds. The van der Waals surface area contributed by atoms with Crippen molar-refractivity contribution in [1.82, 2.24) is 15.6 Å². The maximum Gasteiger partial charge on any atom is 0.216 e. The van der Waals surface area contributed by atoms with Gasteiger partial charge in [0.05, 0.1) is 5.69 Å². The second kappa shape index (κ2) is 11.7. The monoisotopic (exact) mass is 448 g/mol. The highest BCUT2D eigenvalue weighted by atomic mass is 127. The molecule has 24 heavy (non-hydrogen) atoms. The van der Waals surface area contributed by atoms with Crippen LogP contribution >= 0.6 is 24.0 Å². The number of aliphatic imine (C=N–C) groups is 1. The van der Waals surface area contributed by atoms with Gasteiger partial charge in [0.15, 0.2) is 5.96 Å². The number of aryl methyl sites for hydroxylation is 2. The molecule has 1 heterocycles. The Balaban J connectivity index is 0.00000288. The third kappa shape index (κ3) is 7.40. The fraction of sp³-hybridized carbons (Fsp3) is 0.778. The number of rotatable bonds is 8. The summed E-state index contributed by atoms with van der Waals surface area (Å²) in [6.07, 6.45) is 9.70. The molecule has 1 aromatic rings. The third-order valence-electron chi connectivity index (χ3n) is 4.60. The number of unbranched alkanes of at least 4 members (excludes halogenated alkanes) is 1. The van der Waals surface area contributed by atoms with Crippen molar-refractivity contribution < 1.29 is 4.42 Å². The first-order valence-corrected chi connectivity index (χ1v) is 9.14. The van der Waals surface area contributed by atoms with E-state index in [0.29, 0.717) is 12.4 Å². The summed E-state index contributed by atoms with van der Waals surface area (Å²) in [5, 5.41) is 6.68. The highest BCUT2D eigenvalue weighted by Gasteiger charge is 2.13. The molecule has 0 saturated heterocycles. The molecule has 0 unspecified atom stereocenters. The van der Waals surface area contributed by atoms with Gasteiger partial charge >= 0.3 is 0 Å². The van der Waals surface area contributed by atoms with Crippen LogP contribution in [0.5, 0.6) is 0 Å². The lowest BCUT2D eigenvalue weighted by Crippen LogP contribution is -2.37. The summed E-state index contributed by atoms with van der Waals surface area (Å²) < 4.78 is 5.57. The van der Waals surface area contributed by atoms with E-state index in [1.807, 2.05) is 13.8 Å². The van der Waals surface area contributed by atoms with Gasteiger partial charge in [-0.25, -0.2) is 9.98 Å². The van der Waals surface area contributed by atoms with Gasteiger partial charge in [-0.15, -0.1) is 24.0 Å². The van der Waals surface area contributed by atoms with E-state index in [4.69, 9.17) is 4.42 Å². The second-order valence-corrected chi connectivity index (χ2v) is 6.52. The predicted octanol–water partition coefficient (Wildman–Crippen LogP) is 4.33. The van der Waals surface area contributed by atoms with Crippen molar-refractivity contribution in [3.05, 3.63) is 17.3 Å². The first kappa shape index (κ1) is 21.3. The van der Waals surface area contributed by atoms with Gasteiger partial charge in [-0.05, 0) is 33.1 Å². The minimum Gasteiger partial charge on any atom is -0.444 e. The minimum absolute atomic E-state index is 0. The Kier molecular flexibility index (Phi) is 10.4. The van der Waals surface area contributed by atoms with Gasteiger partial charge in [0.1, 0.15) is 12.3 Å². The molecule has 5 nitrogen and oxygen atoms in total. The Morgan fingerprint density at radius 2 is 1.96 bits per heavy atom. The summed E-state index contributed by atoms with van der Waals surface area (Å²) in [7, 11) is 0. The van der Waals surface area contributed by atoms with E-state index in [0.717, 1.165) is 36.4 Å². The Morgan fingerprint density at radius 1 is 1.21 bits per heavy atom. The van der Waals surface area contributed by atoms with Crippen molar-refractivity contribution in [2.24, 2.45) is 10.9 Å². The van der Waals surface area contributed by atoms with Crippen LogP contribution in [0.2, 0.25) is 0 Å². The van der Waals surface area contributed by atoms with Crippen LogP contribution in [0.25, 0.3) is 0 Å². The van der Waals surface area contributed by atoms with Crippen molar-refractivity contribution in [2.75, 3.05) is 13.1 Å². The number of halogens is 1. The van der Waals surface area contributed by atoms with Gasteiger partial charge in [0.2, 0.25) is 5.89 Å². The molecule has 1 saturated carbocycles. The second-order valence-electron chi connectivity index (χ2n) is 6.52. The number of nitrogens with one attached hydrogen (secondary N) is 2. The molecule has 0 bridgehead atoms. The summed E-state index contributed by atoms with van der Waals surface area (Å²) >= 11 is 0. The van der Waals surface area contributed by atoms with Crippen molar-refractivity contribution in [3.8, 4) is 0 Å². The van der Waals surface area contributed by atoms with Gasteiger partial charge < -0.3 is 15.1 Å². The largest absolute Gasteiger partial charge is 0.444 e. The van der Waals surface area contributed by atoms with Crippen molar-refractivity contribution in [2.45, 2.75) is 72.3 Å². The standard InChI is InChI=1S/C18H32N4O.HI/c1-4-19-18(21-13-17-22-14(2)15(3)23-17)20-12-8-7-11-16-9-5-6-10-16;/h16H,4-13H2,1-3H3,(H2,19,20,21);1H. The molecule has 0 aromatic carbocycles. The molecule has 2 N–H and O–H groups in total. The maximum absolute atomic E-state index is 5.57. The molecular weight excluding hydrogens is 415 g/mol. The average molecular weight is 448 g/mol. The number of guanidine groups is 1. The fourth-order valence-corrected chi connectivity index (χ4v) is 3.16.